The summed E-state index contributed by atoms with van der Waals surface area (Å²) in [4.78, 5) is 45.4. The number of fused-ring (bicyclic) bond motifs is 4. The van der Waals surface area contributed by atoms with Crippen molar-refractivity contribution < 1.29 is 134 Å². The molecule has 5 radical (unpaired) electrons. The molecule has 2 N–H and O–H groups in total. The molecule has 18 heteroatoms. The molecule has 0 saturated carbocycles. The van der Waals surface area contributed by atoms with Crippen LogP contribution in [0.3, 0.4) is 0 Å². The van der Waals surface area contributed by atoms with E-state index in [4.69, 9.17) is 10.2 Å². The number of aliphatic hydroxyl groups excluding tert-OH is 1. The molecular weight excluding hydrogens is 2180 g/mol. The molecule has 0 atom stereocenters. The van der Waals surface area contributed by atoms with E-state index in [0.29, 0.717) is 11.3 Å². The zero-order chi connectivity index (χ0) is 68.3. The van der Waals surface area contributed by atoms with Gasteiger partial charge in [-0.1, -0.05) is 146 Å². The number of aryl methyl sites for hydroxylation is 2. The molecule has 6 heterocycles. The van der Waals surface area contributed by atoms with E-state index in [2.05, 4.69) is 116 Å². The van der Waals surface area contributed by atoms with Crippen LogP contribution in [0, 0.1) is 61.6 Å². The smallest absolute Gasteiger partial charge is 0.354 e. The monoisotopic (exact) mass is 2240 g/mol. The number of allylic oxidation sites excluding steroid dienone is 2. The van der Waals surface area contributed by atoms with Crippen molar-refractivity contribution in [3.8, 4) is 56.3 Å². The summed E-state index contributed by atoms with van der Waals surface area (Å²) < 4.78 is 39.1. The molecule has 0 spiro atoms. The van der Waals surface area contributed by atoms with Crippen LogP contribution in [0.15, 0.2) is 298 Å². The predicted molar refractivity (Wildman–Crippen MR) is 380 cm³/mol. The number of hydrogen-bond acceptors (Lipinski definition) is 9. The molecule has 0 aliphatic carbocycles. The van der Waals surface area contributed by atoms with Crippen molar-refractivity contribution in [1.29, 1.82) is 0 Å². The second-order valence-electron chi connectivity index (χ2n) is 21.4. The Hall–Kier alpha value is -9.36. The fourth-order valence-electron chi connectivity index (χ4n) is 9.72. The third-order valence-corrected chi connectivity index (χ3v) is 14.3. The summed E-state index contributed by atoms with van der Waals surface area (Å²) in [6, 6.07) is 93.1. The molecule has 0 fully saturated rings. The number of nitrogens with zero attached hydrogens (tertiary/aromatic N) is 6. The van der Waals surface area contributed by atoms with Gasteiger partial charge in [-0.2, -0.15) is 0 Å². The Morgan fingerprint density at radius 1 is 0.382 bits per heavy atom. The van der Waals surface area contributed by atoms with Gasteiger partial charge in [0, 0.05) is 161 Å². The van der Waals surface area contributed by atoms with Crippen LogP contribution in [-0.4, -0.2) is 51.9 Å². The number of ketones is 1. The van der Waals surface area contributed by atoms with Gasteiger partial charge in [-0.25, -0.2) is 9.78 Å². The van der Waals surface area contributed by atoms with Gasteiger partial charge in [0.1, 0.15) is 5.69 Å². The molecule has 0 aliphatic heterocycles. The summed E-state index contributed by atoms with van der Waals surface area (Å²) in [7, 11) is 0. The number of carboxylic acid groups (broad SMARTS) is 1. The zero-order valence-corrected chi connectivity index (χ0v) is 66.9. The minimum atomic E-state index is -0.990. The molecule has 0 amide bonds. The fraction of sp³-hybridized carbons (Fsp3) is 0.0476. The Labute approximate surface area is 658 Å². The number of carbonyl (C=O) groups excluding carboxylic acids is 1. The summed E-state index contributed by atoms with van der Waals surface area (Å²) in [5.74, 6) is -2.58. The van der Waals surface area contributed by atoms with E-state index in [0.717, 1.165) is 67.9 Å². The molecule has 0 unspecified atom stereocenters. The third kappa shape index (κ3) is 25.0. The second-order valence-corrected chi connectivity index (χ2v) is 21.4. The number of pyridine rings is 6. The van der Waals surface area contributed by atoms with Crippen molar-refractivity contribution >= 4 is 54.8 Å². The van der Waals surface area contributed by atoms with Crippen molar-refractivity contribution in [2.24, 2.45) is 0 Å². The molecule has 0 aliphatic rings. The third-order valence-electron chi connectivity index (χ3n) is 14.3. The Morgan fingerprint density at radius 2 is 0.794 bits per heavy atom. The normalized spacial score (nSPS) is 9.93. The van der Waals surface area contributed by atoms with E-state index in [1.807, 2.05) is 158 Å². The zero-order valence-electron chi connectivity index (χ0n) is 54.9. The number of aromatic nitrogens is 6. The molecule has 9 aromatic carbocycles. The van der Waals surface area contributed by atoms with Crippen LogP contribution in [0.25, 0.3) is 99.4 Å². The van der Waals surface area contributed by atoms with Gasteiger partial charge >= 0.3 is 5.97 Å². The van der Waals surface area contributed by atoms with Crippen molar-refractivity contribution in [3.05, 3.63) is 362 Å². The maximum Gasteiger partial charge on any atom is 0.354 e. The van der Waals surface area contributed by atoms with Gasteiger partial charge < -0.3 is 35.1 Å². The number of carboxylic acids is 1. The first kappa shape index (κ1) is 85.0. The summed E-state index contributed by atoms with van der Waals surface area (Å²) in [6.07, 6.45) is 11.5. The molecule has 523 valence electrons. The molecule has 0 bridgehead atoms. The fourth-order valence-corrected chi connectivity index (χ4v) is 9.72. The first-order chi connectivity index (χ1) is 47.2. The molecule has 15 aromatic rings. The molecular formula is C84H62F3Ir5N6O4-5. The molecule has 0 saturated heterocycles. The Morgan fingerprint density at radius 3 is 1.14 bits per heavy atom. The summed E-state index contributed by atoms with van der Waals surface area (Å²) in [5, 5.41) is 26.0. The number of aromatic carboxylic acids is 1. The van der Waals surface area contributed by atoms with Crippen LogP contribution in [0.4, 0.5) is 13.2 Å². The maximum atomic E-state index is 13.3. The number of rotatable bonds is 7. The largest absolute Gasteiger partial charge is 0.512 e. The molecule has 102 heavy (non-hydrogen) atoms. The summed E-state index contributed by atoms with van der Waals surface area (Å²) in [5.41, 5.74) is 10.3. The Balaban J connectivity index is 0.000000254. The van der Waals surface area contributed by atoms with Crippen LogP contribution < -0.4 is 0 Å². The second kappa shape index (κ2) is 44.1. The van der Waals surface area contributed by atoms with E-state index < -0.39 is 17.6 Å². The van der Waals surface area contributed by atoms with E-state index in [-0.39, 0.29) is 129 Å². The van der Waals surface area contributed by atoms with Gasteiger partial charge in [0.15, 0.2) is 5.78 Å². The van der Waals surface area contributed by atoms with Crippen LogP contribution in [0.1, 0.15) is 35.5 Å². The first-order valence-electron chi connectivity index (χ1n) is 30.5. The number of carbonyl (C=O) groups is 2. The number of halogens is 3. The predicted octanol–water partition coefficient (Wildman–Crippen LogP) is 20.2. The standard InChI is InChI=1S/C16H11FN.C16H12N.2C15H10N.C11H6F2N.C6H5NO2.C5H8O2.5Ir/c1-11-10-13(6-7-15(11)17)16-14-5-3-2-4-12(14)8-9-18-16;1-12-6-8-14(9-7-12)16-15-5-3-2-4-13(15)10-11-17-16;2*1-2-7-13(8-3-1)15-14-9-5-4-6-12(14)10-11-16-15;12-8-4-5-9(10(13)7-8)11-3-1-2-6-14-11;8-6(9)5-3-1-2-4-7-5;1-4(6)3-5(2)7;;;;;/h2-5,7-10H,1H3;2-8,10-11H,1H3;2*1-7,9-11H;1-4,6-7H;1-4H,(H,8,9);3,6H,1-2H3;;;;;/q5*-1;;;;;;;. The van der Waals surface area contributed by atoms with Gasteiger partial charge in [0.25, 0.3) is 0 Å². The first-order valence-corrected chi connectivity index (χ1v) is 30.5. The minimum absolute atomic E-state index is 0. The van der Waals surface area contributed by atoms with Crippen LogP contribution in [-0.2, 0) is 105 Å². The Bertz CT molecular complexity index is 4980. The van der Waals surface area contributed by atoms with E-state index in [1.54, 1.807) is 55.7 Å². The van der Waals surface area contributed by atoms with E-state index >= 15 is 0 Å². The average molecular weight is 2240 g/mol. The van der Waals surface area contributed by atoms with Gasteiger partial charge in [-0.15, -0.1) is 143 Å². The number of benzene rings is 9. The van der Waals surface area contributed by atoms with Crippen molar-refractivity contribution in [2.75, 3.05) is 0 Å². The molecule has 15 rings (SSSR count). The Kier molecular flexibility index (Phi) is 36.8. The summed E-state index contributed by atoms with van der Waals surface area (Å²) >= 11 is 0. The van der Waals surface area contributed by atoms with Gasteiger partial charge in [0.2, 0.25) is 0 Å². The van der Waals surface area contributed by atoms with Gasteiger partial charge in [0.05, 0.1) is 5.76 Å². The average Bonchev–Trinajstić information content (AvgIpc) is 0.825. The SMILES string of the molecule is CC(=O)C=C(C)O.Cc1c[c-]c(-c2nccc3ccccc23)cc1.Cc1cc(-c2nccc3ccccc23)[c-]cc1F.Fc1c[c-]c(-c2ccccn2)c(F)c1.O=C(O)c1ccccn1.[Ir].[Ir].[Ir].[Ir].[Ir].[c-]1ccccc1-c1nccc2ccccc12.[c-]1ccccc1-c1nccc2ccccc12. The minimum Gasteiger partial charge on any atom is -0.512 e. The van der Waals surface area contributed by atoms with Crippen LogP contribution >= 0.6 is 0 Å². The molecule has 6 aromatic heterocycles. The number of hydrogen-bond donors (Lipinski definition) is 2. The number of aliphatic hydroxyl groups is 1. The van der Waals surface area contributed by atoms with Crippen molar-refractivity contribution in [3.63, 3.8) is 0 Å². The summed E-state index contributed by atoms with van der Waals surface area (Å²) in [6.45, 7) is 6.66. The van der Waals surface area contributed by atoms with Crippen LogP contribution in [0.5, 0.6) is 0 Å². The van der Waals surface area contributed by atoms with Crippen molar-refractivity contribution in [2.45, 2.75) is 27.7 Å². The topological polar surface area (TPSA) is 152 Å². The van der Waals surface area contributed by atoms with E-state index in [9.17, 15) is 22.8 Å². The maximum absolute atomic E-state index is 13.3. The van der Waals surface area contributed by atoms with Gasteiger partial charge in [-0.05, 0) is 128 Å². The van der Waals surface area contributed by atoms with Crippen LogP contribution in [0.2, 0.25) is 0 Å². The van der Waals surface area contributed by atoms with E-state index in [1.165, 1.54) is 76.1 Å². The van der Waals surface area contributed by atoms with Gasteiger partial charge in [-0.3, -0.25) is 18.0 Å². The molecule has 10 nitrogen and oxygen atoms in total. The van der Waals surface area contributed by atoms with Crippen molar-refractivity contribution in [1.82, 2.24) is 29.9 Å². The quantitative estimate of drug-likeness (QED) is 0.0896.